The third-order valence-corrected chi connectivity index (χ3v) is 8.61. The van der Waals surface area contributed by atoms with E-state index in [1.54, 1.807) is 6.20 Å². The van der Waals surface area contributed by atoms with E-state index in [2.05, 4.69) is 27.6 Å². The maximum atomic E-state index is 12.8. The second-order valence-electron chi connectivity index (χ2n) is 9.51. The number of nitrogens with one attached hydrogen (secondary N) is 1. The fraction of sp³-hybridized carbons (Fsp3) is 0.321. The van der Waals surface area contributed by atoms with Gasteiger partial charge in [0, 0.05) is 42.8 Å². The number of benzene rings is 2. The molecule has 38 heavy (non-hydrogen) atoms. The minimum absolute atomic E-state index is 0.0457. The molecule has 2 aromatic carbocycles. The Morgan fingerprint density at radius 2 is 1.68 bits per heavy atom. The highest BCUT2D eigenvalue weighted by molar-refractivity contribution is 7.92. The summed E-state index contributed by atoms with van der Waals surface area (Å²) < 4.78 is 29.2. The highest BCUT2D eigenvalue weighted by atomic mass is 32.2. The van der Waals surface area contributed by atoms with Gasteiger partial charge < -0.3 is 29.6 Å². The number of hydrogen-bond acceptors (Lipinski definition) is 9. The molecule has 9 nitrogen and oxygen atoms in total. The predicted octanol–water partition coefficient (Wildman–Crippen LogP) is 3.82. The van der Waals surface area contributed by atoms with Crippen molar-refractivity contribution in [2.24, 2.45) is 0 Å². The summed E-state index contributed by atoms with van der Waals surface area (Å²) in [5.74, 6) is 0.700. The first-order chi connectivity index (χ1) is 18.6. The molecule has 3 unspecified atom stereocenters. The predicted molar refractivity (Wildman–Crippen MR) is 145 cm³/mol. The topological polar surface area (TPSA) is 131 Å². The first kappa shape index (κ1) is 25.0. The van der Waals surface area contributed by atoms with Crippen molar-refractivity contribution in [1.29, 1.82) is 0 Å². The number of hydrogen-bond donors (Lipinski definition) is 2. The Labute approximate surface area is 223 Å². The van der Waals surface area contributed by atoms with Gasteiger partial charge in [-0.2, -0.15) is 0 Å². The molecule has 0 saturated carbocycles. The summed E-state index contributed by atoms with van der Waals surface area (Å²) in [5, 5.41) is 7.81. The molecule has 0 bridgehead atoms. The van der Waals surface area contributed by atoms with Crippen molar-refractivity contribution < 1.29 is 18.5 Å². The summed E-state index contributed by atoms with van der Waals surface area (Å²) in [5.41, 5.74) is 10.9. The van der Waals surface area contributed by atoms with Gasteiger partial charge in [0.05, 0.1) is 31.7 Å². The van der Waals surface area contributed by atoms with E-state index in [0.29, 0.717) is 42.1 Å². The number of nitrogens with two attached hydrogens (primary N) is 1. The smallest absolute Gasteiger partial charge is 0.189 e. The van der Waals surface area contributed by atoms with Crippen LogP contribution in [0.1, 0.15) is 18.4 Å². The molecule has 2 saturated heterocycles. The van der Waals surface area contributed by atoms with Gasteiger partial charge in [0.15, 0.2) is 22.2 Å². The minimum Gasteiger partial charge on any atom is -0.611 e. The lowest BCUT2D eigenvalue weighted by Gasteiger charge is -2.15. The molecule has 0 spiro atoms. The Morgan fingerprint density at radius 3 is 2.42 bits per heavy atom. The van der Waals surface area contributed by atoms with Gasteiger partial charge in [-0.25, -0.2) is 9.97 Å². The Bertz CT molecular complexity index is 1370. The molecule has 10 heteroatoms. The standard InChI is InChI=1S/C28H29N5O4S/c29-28-27(32-25(15-31-28)20-5-7-22(8-6-20)38(34)23-10-12-36-17-23)26-13-24(33-37-26)19-3-1-18(2-4-19)14-30-21-9-11-35-16-21/h1-8,13,15,21,23,30H,9-12,14,16-17H2,(H2,29,31). The van der Waals surface area contributed by atoms with Crippen LogP contribution in [0.15, 0.2) is 70.2 Å². The molecule has 2 aromatic heterocycles. The molecule has 2 aliphatic rings. The lowest BCUT2D eigenvalue weighted by molar-refractivity contribution is 0.190. The Kier molecular flexibility index (Phi) is 7.39. The molecule has 6 rings (SSSR count). The van der Waals surface area contributed by atoms with Crippen LogP contribution in [0.5, 0.6) is 0 Å². The summed E-state index contributed by atoms with van der Waals surface area (Å²) in [6.45, 7) is 3.60. The number of ether oxygens (including phenoxy) is 2. The highest BCUT2D eigenvalue weighted by Crippen LogP contribution is 2.30. The summed E-state index contributed by atoms with van der Waals surface area (Å²) in [7, 11) is 0. The van der Waals surface area contributed by atoms with E-state index < -0.39 is 11.2 Å². The normalized spacial score (nSPS) is 20.1. The zero-order valence-corrected chi connectivity index (χ0v) is 21.7. The van der Waals surface area contributed by atoms with E-state index in [4.69, 9.17) is 24.7 Å². The third kappa shape index (κ3) is 5.45. The van der Waals surface area contributed by atoms with Crippen LogP contribution in [-0.4, -0.2) is 57.4 Å². The molecule has 2 aliphatic heterocycles. The zero-order valence-electron chi connectivity index (χ0n) is 20.8. The Morgan fingerprint density at radius 1 is 0.947 bits per heavy atom. The SMILES string of the molecule is Nc1ncc(-c2ccc([S+]([O-])C3CCOC3)cc2)nc1-c1cc(-c2ccc(CNC3CCOC3)cc2)no1. The van der Waals surface area contributed by atoms with Crippen LogP contribution in [0.3, 0.4) is 0 Å². The first-order valence-corrected chi connectivity index (χ1v) is 13.9. The molecule has 3 N–H and O–H groups in total. The highest BCUT2D eigenvalue weighted by Gasteiger charge is 2.29. The number of aromatic nitrogens is 3. The Balaban J connectivity index is 1.16. The lowest BCUT2D eigenvalue weighted by atomic mass is 10.1. The van der Waals surface area contributed by atoms with Gasteiger partial charge in [-0.1, -0.05) is 29.4 Å². The lowest BCUT2D eigenvalue weighted by Crippen LogP contribution is -2.28. The van der Waals surface area contributed by atoms with Crippen LogP contribution in [-0.2, 0) is 27.2 Å². The van der Waals surface area contributed by atoms with E-state index in [-0.39, 0.29) is 11.1 Å². The van der Waals surface area contributed by atoms with Gasteiger partial charge >= 0.3 is 0 Å². The quantitative estimate of drug-likeness (QED) is 0.326. The molecule has 4 heterocycles. The molecule has 3 atom stereocenters. The van der Waals surface area contributed by atoms with Crippen molar-refractivity contribution in [1.82, 2.24) is 20.4 Å². The van der Waals surface area contributed by atoms with Crippen molar-refractivity contribution in [3.63, 3.8) is 0 Å². The molecule has 2 fully saturated rings. The van der Waals surface area contributed by atoms with Crippen LogP contribution >= 0.6 is 0 Å². The van der Waals surface area contributed by atoms with E-state index in [9.17, 15) is 4.55 Å². The summed E-state index contributed by atoms with van der Waals surface area (Å²) >= 11 is -1.09. The van der Waals surface area contributed by atoms with Gasteiger partial charge in [0.2, 0.25) is 0 Å². The van der Waals surface area contributed by atoms with Crippen LogP contribution in [0.25, 0.3) is 34.0 Å². The van der Waals surface area contributed by atoms with Gasteiger partial charge in [0.25, 0.3) is 0 Å². The maximum Gasteiger partial charge on any atom is 0.189 e. The van der Waals surface area contributed by atoms with Gasteiger partial charge in [-0.3, -0.25) is 0 Å². The maximum absolute atomic E-state index is 12.8. The number of nitrogens with zero attached hydrogens (tertiary/aromatic N) is 3. The molecule has 196 valence electrons. The minimum atomic E-state index is -1.09. The zero-order chi connectivity index (χ0) is 25.9. The van der Waals surface area contributed by atoms with Crippen molar-refractivity contribution in [3.8, 4) is 34.0 Å². The monoisotopic (exact) mass is 531 g/mol. The van der Waals surface area contributed by atoms with Gasteiger partial charge in [-0.05, 0) is 47.4 Å². The fourth-order valence-electron chi connectivity index (χ4n) is 4.63. The van der Waals surface area contributed by atoms with E-state index in [1.807, 2.05) is 42.5 Å². The van der Waals surface area contributed by atoms with Crippen molar-refractivity contribution in [3.05, 3.63) is 66.4 Å². The second-order valence-corrected chi connectivity index (χ2v) is 11.2. The molecular weight excluding hydrogens is 502 g/mol. The number of nitrogen functional groups attached to an aromatic ring is 1. The van der Waals surface area contributed by atoms with Crippen LogP contribution in [0, 0.1) is 0 Å². The Hall–Kier alpha value is -3.28. The van der Waals surface area contributed by atoms with E-state index in [0.717, 1.165) is 48.6 Å². The van der Waals surface area contributed by atoms with Crippen LogP contribution < -0.4 is 11.1 Å². The van der Waals surface area contributed by atoms with Crippen LogP contribution in [0.4, 0.5) is 5.82 Å². The van der Waals surface area contributed by atoms with Crippen molar-refractivity contribution in [2.75, 3.05) is 32.2 Å². The van der Waals surface area contributed by atoms with Crippen molar-refractivity contribution >= 4 is 17.0 Å². The number of rotatable bonds is 8. The van der Waals surface area contributed by atoms with Gasteiger partial charge in [-0.15, -0.1) is 0 Å². The van der Waals surface area contributed by atoms with Crippen LogP contribution in [0.2, 0.25) is 0 Å². The van der Waals surface area contributed by atoms with E-state index in [1.165, 1.54) is 5.56 Å². The first-order valence-electron chi connectivity index (χ1n) is 12.7. The second kappa shape index (κ2) is 11.2. The largest absolute Gasteiger partial charge is 0.611 e. The molecule has 0 amide bonds. The molecule has 4 aromatic rings. The molecular formula is C28H29N5O4S. The van der Waals surface area contributed by atoms with Gasteiger partial charge in [0.1, 0.15) is 10.9 Å². The third-order valence-electron chi connectivity index (χ3n) is 6.89. The molecule has 0 radical (unpaired) electrons. The fourth-order valence-corrected chi connectivity index (χ4v) is 5.95. The summed E-state index contributed by atoms with van der Waals surface area (Å²) in [4.78, 5) is 9.83. The molecule has 0 aliphatic carbocycles. The van der Waals surface area contributed by atoms with E-state index >= 15 is 0 Å². The summed E-state index contributed by atoms with van der Waals surface area (Å²) in [6, 6.07) is 18.0. The van der Waals surface area contributed by atoms with Crippen molar-refractivity contribution in [2.45, 2.75) is 35.6 Å². The number of anilines is 1. The average Bonchev–Trinajstić information content (AvgIpc) is 3.75. The average molecular weight is 532 g/mol. The summed E-state index contributed by atoms with van der Waals surface area (Å²) in [6.07, 6.45) is 3.49.